The van der Waals surface area contributed by atoms with Gasteiger partial charge in [0.1, 0.15) is 25.0 Å². The first kappa shape index (κ1) is 18.4. The average Bonchev–Trinajstić information content (AvgIpc) is 3.21. The van der Waals surface area contributed by atoms with E-state index >= 15 is 0 Å². The quantitative estimate of drug-likeness (QED) is 0.666. The highest BCUT2D eigenvalue weighted by Gasteiger charge is 2.08. The third-order valence-electron chi connectivity index (χ3n) is 4.06. The van der Waals surface area contributed by atoms with E-state index in [2.05, 4.69) is 15.4 Å². The Bertz CT molecular complexity index is 819. The molecule has 3 rings (SSSR count). The summed E-state index contributed by atoms with van der Waals surface area (Å²) in [7, 11) is 1.75. The number of ether oxygens (including phenoxy) is 1. The maximum Gasteiger partial charge on any atom is 0.317 e. The number of rotatable bonds is 8. The van der Waals surface area contributed by atoms with E-state index in [1.807, 2.05) is 54.6 Å². The fourth-order valence-electron chi connectivity index (χ4n) is 2.50. The predicted octanol–water partition coefficient (Wildman–Crippen LogP) is 2.55. The van der Waals surface area contributed by atoms with Gasteiger partial charge in [-0.25, -0.2) is 14.5 Å². The van der Waals surface area contributed by atoms with Gasteiger partial charge >= 0.3 is 6.03 Å². The molecule has 0 spiro atoms. The smallest absolute Gasteiger partial charge is 0.317 e. The lowest BCUT2D eigenvalue weighted by Crippen LogP contribution is -2.39. The molecular formula is C20H23N5O2. The highest BCUT2D eigenvalue weighted by molar-refractivity contribution is 5.73. The second-order valence-electron chi connectivity index (χ2n) is 6.15. The van der Waals surface area contributed by atoms with Gasteiger partial charge in [0.15, 0.2) is 0 Å². The van der Waals surface area contributed by atoms with Gasteiger partial charge in [0.05, 0.1) is 13.1 Å². The van der Waals surface area contributed by atoms with E-state index in [-0.39, 0.29) is 6.03 Å². The van der Waals surface area contributed by atoms with Gasteiger partial charge in [-0.15, -0.1) is 0 Å². The van der Waals surface area contributed by atoms with Crippen LogP contribution in [0.5, 0.6) is 5.75 Å². The fourth-order valence-corrected chi connectivity index (χ4v) is 2.50. The van der Waals surface area contributed by atoms with E-state index in [1.165, 1.54) is 6.33 Å². The number of benzene rings is 2. The number of nitrogens with zero attached hydrogens (tertiary/aromatic N) is 4. The van der Waals surface area contributed by atoms with E-state index < -0.39 is 0 Å². The molecule has 1 aromatic heterocycles. The van der Waals surface area contributed by atoms with Crippen LogP contribution in [-0.4, -0.2) is 45.9 Å². The first-order chi connectivity index (χ1) is 13.2. The molecule has 3 aromatic rings. The molecule has 1 N–H and O–H groups in total. The lowest BCUT2D eigenvalue weighted by molar-refractivity contribution is 0.195. The first-order valence-corrected chi connectivity index (χ1v) is 8.78. The summed E-state index contributed by atoms with van der Waals surface area (Å²) in [5, 5.41) is 7.01. The Morgan fingerprint density at radius 3 is 2.56 bits per heavy atom. The Balaban J connectivity index is 1.38. The summed E-state index contributed by atoms with van der Waals surface area (Å²) in [5.41, 5.74) is 2.17. The molecule has 0 atom stereocenters. The predicted molar refractivity (Wildman–Crippen MR) is 102 cm³/mol. The largest absolute Gasteiger partial charge is 0.492 e. The summed E-state index contributed by atoms with van der Waals surface area (Å²) in [6.45, 7) is 2.12. The van der Waals surface area contributed by atoms with Crippen molar-refractivity contribution in [2.24, 2.45) is 0 Å². The van der Waals surface area contributed by atoms with Crippen LogP contribution in [-0.2, 0) is 13.1 Å². The van der Waals surface area contributed by atoms with Crippen LogP contribution in [0.3, 0.4) is 0 Å². The number of carbonyl (C=O) groups is 1. The van der Waals surface area contributed by atoms with Crippen LogP contribution in [0, 0.1) is 0 Å². The molecule has 7 nitrogen and oxygen atoms in total. The molecule has 1 heterocycles. The fraction of sp³-hybridized carbons (Fsp3) is 0.250. The van der Waals surface area contributed by atoms with Crippen molar-refractivity contribution in [1.82, 2.24) is 25.0 Å². The van der Waals surface area contributed by atoms with Gasteiger partial charge in [-0.3, -0.25) is 0 Å². The molecule has 0 saturated carbocycles. The summed E-state index contributed by atoms with van der Waals surface area (Å²) in [4.78, 5) is 17.7. The topological polar surface area (TPSA) is 72.3 Å². The number of para-hydroxylation sites is 1. The molecule has 0 saturated heterocycles. The van der Waals surface area contributed by atoms with Gasteiger partial charge in [0, 0.05) is 13.6 Å². The second kappa shape index (κ2) is 9.38. The SMILES string of the molecule is CN(CCOc1ccccc1)C(=O)NCc1ccc(Cn2cncn2)cc1. The Hall–Kier alpha value is -3.35. The van der Waals surface area contributed by atoms with Crippen LogP contribution in [0.2, 0.25) is 0 Å². The number of aromatic nitrogens is 3. The van der Waals surface area contributed by atoms with E-state index in [1.54, 1.807) is 23.0 Å². The Kier molecular flexibility index (Phi) is 6.40. The van der Waals surface area contributed by atoms with E-state index in [0.29, 0.717) is 26.2 Å². The maximum atomic E-state index is 12.2. The summed E-state index contributed by atoms with van der Waals surface area (Å²) >= 11 is 0. The van der Waals surface area contributed by atoms with Crippen LogP contribution in [0.1, 0.15) is 11.1 Å². The lowest BCUT2D eigenvalue weighted by atomic mass is 10.1. The number of likely N-dealkylation sites (N-methyl/N-ethyl adjacent to an activating group) is 1. The molecule has 0 unspecified atom stereocenters. The molecule has 0 aliphatic heterocycles. The van der Waals surface area contributed by atoms with Gasteiger partial charge in [0.2, 0.25) is 0 Å². The van der Waals surface area contributed by atoms with Gasteiger partial charge in [-0.05, 0) is 23.3 Å². The first-order valence-electron chi connectivity index (χ1n) is 8.78. The summed E-state index contributed by atoms with van der Waals surface area (Å²) in [5.74, 6) is 0.803. The molecule has 0 radical (unpaired) electrons. The van der Waals surface area contributed by atoms with Crippen molar-refractivity contribution in [2.45, 2.75) is 13.1 Å². The normalized spacial score (nSPS) is 10.4. The van der Waals surface area contributed by atoms with Crippen LogP contribution >= 0.6 is 0 Å². The monoisotopic (exact) mass is 365 g/mol. The molecule has 0 bridgehead atoms. The van der Waals surface area contributed by atoms with Crippen molar-refractivity contribution in [3.05, 3.63) is 78.4 Å². The zero-order valence-corrected chi connectivity index (χ0v) is 15.3. The minimum absolute atomic E-state index is 0.127. The second-order valence-corrected chi connectivity index (χ2v) is 6.15. The van der Waals surface area contributed by atoms with Crippen LogP contribution < -0.4 is 10.1 Å². The minimum Gasteiger partial charge on any atom is -0.492 e. The zero-order valence-electron chi connectivity index (χ0n) is 15.3. The molecule has 140 valence electrons. The van der Waals surface area contributed by atoms with Crippen molar-refractivity contribution >= 4 is 6.03 Å². The molecule has 7 heteroatoms. The highest BCUT2D eigenvalue weighted by Crippen LogP contribution is 2.08. The number of hydrogen-bond donors (Lipinski definition) is 1. The molecule has 0 fully saturated rings. The van der Waals surface area contributed by atoms with Gasteiger partial charge < -0.3 is 15.0 Å². The average molecular weight is 365 g/mol. The molecule has 27 heavy (non-hydrogen) atoms. The lowest BCUT2D eigenvalue weighted by Gasteiger charge is -2.18. The van der Waals surface area contributed by atoms with Gasteiger partial charge in [-0.2, -0.15) is 5.10 Å². The maximum absolute atomic E-state index is 12.2. The minimum atomic E-state index is -0.127. The summed E-state index contributed by atoms with van der Waals surface area (Å²) in [6, 6.07) is 17.5. The third kappa shape index (κ3) is 5.85. The van der Waals surface area contributed by atoms with Crippen molar-refractivity contribution in [2.75, 3.05) is 20.2 Å². The van der Waals surface area contributed by atoms with Crippen molar-refractivity contribution < 1.29 is 9.53 Å². The van der Waals surface area contributed by atoms with Crippen molar-refractivity contribution in [3.63, 3.8) is 0 Å². The molecule has 0 aliphatic rings. The van der Waals surface area contributed by atoms with Gasteiger partial charge in [0.25, 0.3) is 0 Å². The van der Waals surface area contributed by atoms with E-state index in [0.717, 1.165) is 16.9 Å². The number of urea groups is 1. The standard InChI is InChI=1S/C20H23N5O2/c1-24(11-12-27-19-5-3-2-4-6-19)20(26)22-13-17-7-9-18(10-8-17)14-25-16-21-15-23-25/h2-10,15-16H,11-14H2,1H3,(H,22,26). The molecule has 2 aromatic carbocycles. The highest BCUT2D eigenvalue weighted by atomic mass is 16.5. The Labute approximate surface area is 158 Å². The molecular weight excluding hydrogens is 342 g/mol. The van der Waals surface area contributed by atoms with Crippen LogP contribution in [0.15, 0.2) is 67.3 Å². The van der Waals surface area contributed by atoms with Crippen LogP contribution in [0.4, 0.5) is 4.79 Å². The summed E-state index contributed by atoms with van der Waals surface area (Å²) < 4.78 is 7.38. The number of carbonyl (C=O) groups excluding carboxylic acids is 1. The number of hydrogen-bond acceptors (Lipinski definition) is 4. The van der Waals surface area contributed by atoms with Crippen molar-refractivity contribution in [1.29, 1.82) is 0 Å². The number of nitrogens with one attached hydrogen (secondary N) is 1. The van der Waals surface area contributed by atoms with E-state index in [9.17, 15) is 4.79 Å². The van der Waals surface area contributed by atoms with Crippen molar-refractivity contribution in [3.8, 4) is 5.75 Å². The zero-order chi connectivity index (χ0) is 18.9. The Morgan fingerprint density at radius 1 is 1.11 bits per heavy atom. The third-order valence-corrected chi connectivity index (χ3v) is 4.06. The van der Waals surface area contributed by atoms with Gasteiger partial charge in [-0.1, -0.05) is 42.5 Å². The molecule has 2 amide bonds. The Morgan fingerprint density at radius 2 is 1.85 bits per heavy atom. The molecule has 0 aliphatic carbocycles. The summed E-state index contributed by atoms with van der Waals surface area (Å²) in [6.07, 6.45) is 3.21. The number of amides is 2. The van der Waals surface area contributed by atoms with Crippen LogP contribution in [0.25, 0.3) is 0 Å². The van der Waals surface area contributed by atoms with E-state index in [4.69, 9.17) is 4.74 Å².